The van der Waals surface area contributed by atoms with Crippen LogP contribution < -0.4 is 16.0 Å². The van der Waals surface area contributed by atoms with Gasteiger partial charge in [0.15, 0.2) is 5.96 Å². The summed E-state index contributed by atoms with van der Waals surface area (Å²) >= 11 is 0. The molecule has 1 aliphatic rings. The fraction of sp³-hybridized carbons (Fsp3) is 0.500. The normalized spacial score (nSPS) is 14.1. The van der Waals surface area contributed by atoms with Gasteiger partial charge in [0.1, 0.15) is 0 Å². The van der Waals surface area contributed by atoms with Crippen molar-refractivity contribution >= 4 is 35.8 Å². The molecule has 144 valence electrons. The molecule has 2 rings (SSSR count). The van der Waals surface area contributed by atoms with E-state index in [-0.39, 0.29) is 29.9 Å². The molecule has 1 aromatic carbocycles. The summed E-state index contributed by atoms with van der Waals surface area (Å²) in [6.45, 7) is 4.07. The molecule has 0 fully saturated rings. The molecule has 0 spiro atoms. The number of carbonyl (C=O) groups excluding carboxylic acids is 1. The van der Waals surface area contributed by atoms with E-state index in [0.29, 0.717) is 18.7 Å². The summed E-state index contributed by atoms with van der Waals surface area (Å²) in [5, 5.41) is 9.48. The average Bonchev–Trinajstić information content (AvgIpc) is 2.64. The van der Waals surface area contributed by atoms with Crippen molar-refractivity contribution in [3.05, 3.63) is 47.0 Å². The van der Waals surface area contributed by atoms with E-state index in [1.807, 2.05) is 31.2 Å². The molecule has 0 unspecified atom stereocenters. The zero-order valence-corrected chi connectivity index (χ0v) is 18.1. The van der Waals surface area contributed by atoms with Gasteiger partial charge in [0.25, 0.3) is 5.91 Å². The second kappa shape index (κ2) is 12.7. The lowest BCUT2D eigenvalue weighted by atomic mass is 9.97. The third kappa shape index (κ3) is 8.21. The Balaban J connectivity index is 0.00000338. The van der Waals surface area contributed by atoms with Crippen molar-refractivity contribution in [3.8, 4) is 0 Å². The number of halogens is 1. The number of aliphatic imine (C=N–C) groups is 1. The number of rotatable bonds is 7. The van der Waals surface area contributed by atoms with E-state index in [1.165, 1.54) is 25.7 Å². The van der Waals surface area contributed by atoms with Crippen molar-refractivity contribution in [1.29, 1.82) is 0 Å². The Kier molecular flexibility index (Phi) is 11.0. The molecule has 0 saturated heterocycles. The molecule has 1 amide bonds. The van der Waals surface area contributed by atoms with Crippen LogP contribution in [-0.2, 0) is 0 Å². The number of amides is 1. The largest absolute Gasteiger partial charge is 0.356 e. The van der Waals surface area contributed by atoms with Gasteiger partial charge in [-0.1, -0.05) is 29.3 Å². The summed E-state index contributed by atoms with van der Waals surface area (Å²) in [4.78, 5) is 16.3. The number of benzene rings is 1. The minimum absolute atomic E-state index is 0. The Morgan fingerprint density at radius 1 is 1.12 bits per heavy atom. The number of hydrogen-bond acceptors (Lipinski definition) is 2. The number of nitrogens with zero attached hydrogens (tertiary/aromatic N) is 1. The van der Waals surface area contributed by atoms with Crippen LogP contribution in [0.1, 0.15) is 48.0 Å². The molecule has 0 atom stereocenters. The van der Waals surface area contributed by atoms with Crippen LogP contribution in [0.5, 0.6) is 0 Å². The topological polar surface area (TPSA) is 65.5 Å². The maximum Gasteiger partial charge on any atom is 0.251 e. The van der Waals surface area contributed by atoms with Crippen molar-refractivity contribution in [2.75, 3.05) is 26.7 Å². The highest BCUT2D eigenvalue weighted by Crippen LogP contribution is 2.19. The Labute approximate surface area is 174 Å². The average molecular weight is 470 g/mol. The van der Waals surface area contributed by atoms with E-state index in [2.05, 4.69) is 27.0 Å². The molecule has 0 radical (unpaired) electrons. The smallest absolute Gasteiger partial charge is 0.251 e. The van der Waals surface area contributed by atoms with Crippen molar-refractivity contribution in [1.82, 2.24) is 16.0 Å². The zero-order valence-electron chi connectivity index (χ0n) is 15.8. The van der Waals surface area contributed by atoms with Gasteiger partial charge in [-0.15, -0.1) is 24.0 Å². The van der Waals surface area contributed by atoms with Crippen LogP contribution in [0.4, 0.5) is 0 Å². The van der Waals surface area contributed by atoms with Crippen LogP contribution in [0, 0.1) is 6.92 Å². The monoisotopic (exact) mass is 470 g/mol. The lowest BCUT2D eigenvalue weighted by Gasteiger charge is -2.15. The molecule has 1 aliphatic carbocycles. The minimum Gasteiger partial charge on any atom is -0.356 e. The highest BCUT2D eigenvalue weighted by atomic mass is 127. The highest BCUT2D eigenvalue weighted by molar-refractivity contribution is 14.0. The Morgan fingerprint density at radius 3 is 2.58 bits per heavy atom. The number of carbonyl (C=O) groups is 1. The van der Waals surface area contributed by atoms with Crippen LogP contribution >= 0.6 is 24.0 Å². The van der Waals surface area contributed by atoms with Gasteiger partial charge in [0.2, 0.25) is 0 Å². The molecule has 26 heavy (non-hydrogen) atoms. The van der Waals surface area contributed by atoms with E-state index < -0.39 is 0 Å². The predicted octanol–water partition coefficient (Wildman–Crippen LogP) is 3.40. The summed E-state index contributed by atoms with van der Waals surface area (Å²) in [5.41, 5.74) is 3.34. The molecule has 3 N–H and O–H groups in total. The molecule has 0 bridgehead atoms. The van der Waals surface area contributed by atoms with Crippen LogP contribution in [-0.4, -0.2) is 38.5 Å². The maximum absolute atomic E-state index is 12.1. The first-order chi connectivity index (χ1) is 12.2. The second-order valence-corrected chi connectivity index (χ2v) is 6.41. The first-order valence-corrected chi connectivity index (χ1v) is 9.16. The number of hydrogen-bond donors (Lipinski definition) is 3. The van der Waals surface area contributed by atoms with E-state index in [4.69, 9.17) is 0 Å². The molecule has 6 heteroatoms. The first-order valence-electron chi connectivity index (χ1n) is 9.16. The predicted molar refractivity (Wildman–Crippen MR) is 119 cm³/mol. The van der Waals surface area contributed by atoms with Gasteiger partial charge in [0.05, 0.1) is 0 Å². The molecular weight excluding hydrogens is 439 g/mol. The van der Waals surface area contributed by atoms with Gasteiger partial charge >= 0.3 is 0 Å². The highest BCUT2D eigenvalue weighted by Gasteiger charge is 2.06. The summed E-state index contributed by atoms with van der Waals surface area (Å²) in [6, 6.07) is 7.60. The van der Waals surface area contributed by atoms with E-state index >= 15 is 0 Å². The van der Waals surface area contributed by atoms with Gasteiger partial charge < -0.3 is 16.0 Å². The summed E-state index contributed by atoms with van der Waals surface area (Å²) in [5.74, 6) is 0.735. The lowest BCUT2D eigenvalue weighted by Crippen LogP contribution is -2.41. The Morgan fingerprint density at radius 2 is 1.88 bits per heavy atom. The zero-order chi connectivity index (χ0) is 17.9. The lowest BCUT2D eigenvalue weighted by molar-refractivity contribution is 0.0954. The van der Waals surface area contributed by atoms with Crippen molar-refractivity contribution in [2.45, 2.75) is 39.0 Å². The van der Waals surface area contributed by atoms with Gasteiger partial charge in [-0.2, -0.15) is 0 Å². The molecule has 0 aliphatic heterocycles. The van der Waals surface area contributed by atoms with Crippen molar-refractivity contribution < 1.29 is 4.79 Å². The fourth-order valence-electron chi connectivity index (χ4n) is 2.94. The number of guanidine groups is 1. The van der Waals surface area contributed by atoms with E-state index in [0.717, 1.165) is 24.5 Å². The Hall–Kier alpha value is -1.57. The van der Waals surface area contributed by atoms with Gasteiger partial charge in [-0.05, 0) is 51.2 Å². The molecular formula is C20H31IN4O. The van der Waals surface area contributed by atoms with Crippen LogP contribution in [0.15, 0.2) is 40.9 Å². The third-order valence-corrected chi connectivity index (χ3v) is 4.33. The maximum atomic E-state index is 12.1. The summed E-state index contributed by atoms with van der Waals surface area (Å²) < 4.78 is 0. The molecule has 0 saturated carbocycles. The summed E-state index contributed by atoms with van der Waals surface area (Å²) in [6.07, 6.45) is 8.56. The number of nitrogens with one attached hydrogen (secondary N) is 3. The number of aryl methyl sites for hydroxylation is 1. The minimum atomic E-state index is -0.0438. The third-order valence-electron chi connectivity index (χ3n) is 4.33. The van der Waals surface area contributed by atoms with Crippen LogP contribution in [0.2, 0.25) is 0 Å². The van der Waals surface area contributed by atoms with Crippen molar-refractivity contribution in [3.63, 3.8) is 0 Å². The molecule has 0 aromatic heterocycles. The molecule has 5 nitrogen and oxygen atoms in total. The van der Waals surface area contributed by atoms with Gasteiger partial charge in [-0.3, -0.25) is 9.79 Å². The van der Waals surface area contributed by atoms with Crippen LogP contribution in [0.25, 0.3) is 0 Å². The van der Waals surface area contributed by atoms with E-state index in [9.17, 15) is 4.79 Å². The van der Waals surface area contributed by atoms with Crippen molar-refractivity contribution in [2.24, 2.45) is 4.99 Å². The van der Waals surface area contributed by atoms with Crippen LogP contribution in [0.3, 0.4) is 0 Å². The summed E-state index contributed by atoms with van der Waals surface area (Å²) in [7, 11) is 1.76. The SMILES string of the molecule is CN=C(NCCNC(=O)c1cccc(C)c1)NCCC1=CCCCC1.I. The van der Waals surface area contributed by atoms with Gasteiger partial charge in [-0.25, -0.2) is 0 Å². The number of allylic oxidation sites excluding steroid dienone is 1. The second-order valence-electron chi connectivity index (χ2n) is 6.41. The van der Waals surface area contributed by atoms with E-state index in [1.54, 1.807) is 12.6 Å². The Bertz CT molecular complexity index is 628. The molecule has 1 aromatic rings. The standard InChI is InChI=1S/C20H30N4O.HI/c1-16-7-6-10-18(15-16)19(25)22-13-14-24-20(21-2)23-12-11-17-8-4-3-5-9-17;/h6-8,10,15H,3-5,9,11-14H2,1-2H3,(H,22,25)(H2,21,23,24);1H. The quantitative estimate of drug-likeness (QED) is 0.188. The first kappa shape index (κ1) is 22.5. The fourth-order valence-corrected chi connectivity index (χ4v) is 2.94. The van der Waals surface area contributed by atoms with Gasteiger partial charge in [0, 0.05) is 32.2 Å². The molecule has 0 heterocycles.